The van der Waals surface area contributed by atoms with Crippen LogP contribution in [-0.2, 0) is 5.41 Å². The summed E-state index contributed by atoms with van der Waals surface area (Å²) >= 11 is 0. The van der Waals surface area contributed by atoms with Crippen LogP contribution in [0, 0.1) is 0 Å². The Balaban J connectivity index is 1.73. The molecule has 2 N–H and O–H groups in total. The van der Waals surface area contributed by atoms with Crippen LogP contribution in [0.5, 0.6) is 0 Å². The van der Waals surface area contributed by atoms with E-state index in [1.165, 1.54) is 5.56 Å². The van der Waals surface area contributed by atoms with Crippen molar-refractivity contribution in [2.45, 2.75) is 18.3 Å². The first-order valence-electron chi connectivity index (χ1n) is 7.88. The maximum Gasteiger partial charge on any atom is 0.182 e. The Hall–Kier alpha value is -2.47. The molecule has 1 aliphatic heterocycles. The number of aromatic nitrogens is 4. The summed E-state index contributed by atoms with van der Waals surface area (Å²) in [6.07, 6.45) is 5.18. The molecule has 0 spiro atoms. The van der Waals surface area contributed by atoms with Crippen LogP contribution in [0.25, 0.3) is 11.2 Å². The topological polar surface area (TPSA) is 77.9 Å². The number of imidazole rings is 1. The van der Waals surface area contributed by atoms with Gasteiger partial charge in [0.25, 0.3) is 0 Å². The number of rotatable bonds is 3. The highest BCUT2D eigenvalue weighted by Gasteiger charge is 2.37. The molecule has 0 amide bonds. The summed E-state index contributed by atoms with van der Waals surface area (Å²) in [6.45, 7) is 1.78. The molecule has 3 heterocycles. The molecule has 1 aliphatic rings. The van der Waals surface area contributed by atoms with E-state index in [4.69, 9.17) is 0 Å². The van der Waals surface area contributed by atoms with Crippen molar-refractivity contribution in [2.75, 3.05) is 24.6 Å². The van der Waals surface area contributed by atoms with E-state index in [0.29, 0.717) is 5.65 Å². The molecular weight excluding hydrogens is 290 g/mol. The molecule has 1 aromatic carbocycles. The minimum atomic E-state index is -0.253. The van der Waals surface area contributed by atoms with E-state index >= 15 is 0 Å². The van der Waals surface area contributed by atoms with E-state index in [2.05, 4.69) is 37.0 Å². The molecule has 1 fully saturated rings. The number of aromatic amines is 1. The molecule has 0 radical (unpaired) electrons. The van der Waals surface area contributed by atoms with E-state index in [1.54, 1.807) is 12.7 Å². The summed E-state index contributed by atoms with van der Waals surface area (Å²) in [5.41, 5.74) is 2.46. The van der Waals surface area contributed by atoms with E-state index in [9.17, 15) is 5.11 Å². The van der Waals surface area contributed by atoms with Gasteiger partial charge >= 0.3 is 0 Å². The number of piperidine rings is 1. The van der Waals surface area contributed by atoms with Crippen molar-refractivity contribution in [3.8, 4) is 0 Å². The Bertz CT molecular complexity index is 803. The van der Waals surface area contributed by atoms with Gasteiger partial charge in [0.15, 0.2) is 11.5 Å². The summed E-state index contributed by atoms with van der Waals surface area (Å²) in [6, 6.07) is 10.3. The Morgan fingerprint density at radius 2 is 2.04 bits per heavy atom. The zero-order chi connectivity index (χ0) is 15.7. The third kappa shape index (κ3) is 2.35. The van der Waals surface area contributed by atoms with Gasteiger partial charge in [-0.3, -0.25) is 0 Å². The van der Waals surface area contributed by atoms with Crippen molar-refractivity contribution >= 4 is 17.0 Å². The molecule has 0 saturated carbocycles. The first kappa shape index (κ1) is 14.1. The number of anilines is 1. The highest BCUT2D eigenvalue weighted by atomic mass is 16.3. The molecule has 6 heteroatoms. The molecule has 1 atom stereocenters. The average Bonchev–Trinajstić information content (AvgIpc) is 3.11. The normalized spacial score (nSPS) is 21.7. The average molecular weight is 309 g/mol. The van der Waals surface area contributed by atoms with E-state index in [1.807, 2.05) is 18.2 Å². The maximum absolute atomic E-state index is 10.2. The van der Waals surface area contributed by atoms with Gasteiger partial charge in [0, 0.05) is 18.5 Å². The lowest BCUT2D eigenvalue weighted by Crippen LogP contribution is -2.48. The van der Waals surface area contributed by atoms with Gasteiger partial charge in [-0.2, -0.15) is 0 Å². The van der Waals surface area contributed by atoms with E-state index in [-0.39, 0.29) is 12.0 Å². The van der Waals surface area contributed by atoms with Gasteiger partial charge < -0.3 is 15.0 Å². The van der Waals surface area contributed by atoms with Crippen LogP contribution >= 0.6 is 0 Å². The fourth-order valence-electron chi connectivity index (χ4n) is 3.55. The lowest BCUT2D eigenvalue weighted by Gasteiger charge is -2.42. The second kappa shape index (κ2) is 5.62. The fraction of sp³-hybridized carbons (Fsp3) is 0.353. The quantitative estimate of drug-likeness (QED) is 0.772. The molecule has 3 aromatic rings. The molecule has 0 bridgehead atoms. The second-order valence-electron chi connectivity index (χ2n) is 6.13. The number of H-pyrrole nitrogens is 1. The van der Waals surface area contributed by atoms with Gasteiger partial charge in [-0.15, -0.1) is 0 Å². The zero-order valence-electron chi connectivity index (χ0n) is 12.8. The molecule has 0 aliphatic carbocycles. The molecule has 118 valence electrons. The lowest BCUT2D eigenvalue weighted by molar-refractivity contribution is 0.172. The van der Waals surface area contributed by atoms with Crippen LogP contribution in [0.1, 0.15) is 18.4 Å². The fourth-order valence-corrected chi connectivity index (χ4v) is 3.55. The Labute approximate surface area is 134 Å². The summed E-state index contributed by atoms with van der Waals surface area (Å²) < 4.78 is 0. The summed E-state index contributed by atoms with van der Waals surface area (Å²) in [5.74, 6) is 0.862. The third-order valence-corrected chi connectivity index (χ3v) is 4.77. The Morgan fingerprint density at radius 3 is 2.87 bits per heavy atom. The lowest BCUT2D eigenvalue weighted by atomic mass is 9.75. The van der Waals surface area contributed by atoms with E-state index in [0.717, 1.165) is 37.3 Å². The van der Waals surface area contributed by atoms with E-state index < -0.39 is 0 Å². The highest BCUT2D eigenvalue weighted by molar-refractivity contribution is 5.82. The number of aliphatic hydroxyl groups excluding tert-OH is 1. The Morgan fingerprint density at radius 1 is 1.17 bits per heavy atom. The number of aliphatic hydroxyl groups is 1. The summed E-state index contributed by atoms with van der Waals surface area (Å²) in [7, 11) is 0. The molecule has 1 saturated heterocycles. The van der Waals surface area contributed by atoms with Crippen LogP contribution in [-0.4, -0.2) is 44.7 Å². The number of fused-ring (bicyclic) bond motifs is 1. The molecule has 23 heavy (non-hydrogen) atoms. The first-order chi connectivity index (χ1) is 11.3. The predicted molar refractivity (Wildman–Crippen MR) is 88.3 cm³/mol. The maximum atomic E-state index is 10.2. The van der Waals surface area contributed by atoms with Crippen LogP contribution in [0.15, 0.2) is 43.0 Å². The summed E-state index contributed by atoms with van der Waals surface area (Å²) in [5, 5.41) is 10.2. The number of benzene rings is 1. The molecular formula is C17H19N5O. The molecule has 2 aromatic heterocycles. The number of hydrogen-bond donors (Lipinski definition) is 2. The predicted octanol–water partition coefficient (Wildman–Crippen LogP) is 1.88. The zero-order valence-corrected chi connectivity index (χ0v) is 12.8. The summed E-state index contributed by atoms with van der Waals surface area (Å²) in [4.78, 5) is 18.2. The van der Waals surface area contributed by atoms with Gasteiger partial charge in [-0.25, -0.2) is 15.0 Å². The minimum Gasteiger partial charge on any atom is -0.395 e. The van der Waals surface area contributed by atoms with Gasteiger partial charge in [0.1, 0.15) is 11.8 Å². The van der Waals surface area contributed by atoms with Gasteiger partial charge in [-0.05, 0) is 18.4 Å². The van der Waals surface area contributed by atoms with Crippen molar-refractivity contribution in [3.63, 3.8) is 0 Å². The van der Waals surface area contributed by atoms with Crippen molar-refractivity contribution in [1.29, 1.82) is 0 Å². The minimum absolute atomic E-state index is 0.130. The van der Waals surface area contributed by atoms with Crippen LogP contribution in [0.2, 0.25) is 0 Å². The standard InChI is InChI=1S/C17H19N5O/c23-10-17(13-5-2-1-3-6-13)7-4-8-22(9-17)16-14-15(19-11-18-14)20-12-21-16/h1-3,5-6,11-12,23H,4,7-10H2,(H,18,19,20,21). The third-order valence-electron chi connectivity index (χ3n) is 4.77. The van der Waals surface area contributed by atoms with Crippen LogP contribution < -0.4 is 4.90 Å². The molecule has 4 rings (SSSR count). The molecule has 6 nitrogen and oxygen atoms in total. The van der Waals surface area contributed by atoms with Gasteiger partial charge in [0.2, 0.25) is 0 Å². The van der Waals surface area contributed by atoms with Crippen molar-refractivity contribution in [3.05, 3.63) is 48.5 Å². The molecule has 1 unspecified atom stereocenters. The highest BCUT2D eigenvalue weighted by Crippen LogP contribution is 2.36. The Kier molecular flexibility index (Phi) is 3.46. The number of hydrogen-bond acceptors (Lipinski definition) is 5. The monoisotopic (exact) mass is 309 g/mol. The largest absolute Gasteiger partial charge is 0.395 e. The van der Waals surface area contributed by atoms with Gasteiger partial charge in [0.05, 0.1) is 12.9 Å². The second-order valence-corrected chi connectivity index (χ2v) is 6.13. The van der Waals surface area contributed by atoms with Crippen LogP contribution in [0.4, 0.5) is 5.82 Å². The smallest absolute Gasteiger partial charge is 0.182 e. The number of nitrogens with one attached hydrogen (secondary N) is 1. The van der Waals surface area contributed by atoms with Crippen LogP contribution in [0.3, 0.4) is 0 Å². The van der Waals surface area contributed by atoms with Crippen molar-refractivity contribution in [1.82, 2.24) is 19.9 Å². The van der Waals surface area contributed by atoms with Gasteiger partial charge in [-0.1, -0.05) is 30.3 Å². The van der Waals surface area contributed by atoms with Crippen molar-refractivity contribution in [2.24, 2.45) is 0 Å². The number of nitrogens with zero attached hydrogens (tertiary/aromatic N) is 4. The SMILES string of the molecule is OCC1(c2ccccc2)CCCN(c2ncnc3nc[nH]c23)C1. The van der Waals surface area contributed by atoms with Crippen molar-refractivity contribution < 1.29 is 5.11 Å². The first-order valence-corrected chi connectivity index (χ1v) is 7.88.